The maximum atomic E-state index is 12.7. The van der Waals surface area contributed by atoms with Crippen molar-refractivity contribution in [3.05, 3.63) is 12.2 Å². The summed E-state index contributed by atoms with van der Waals surface area (Å²) < 4.78 is 6.01. The van der Waals surface area contributed by atoms with Crippen molar-refractivity contribution in [2.24, 2.45) is 34.5 Å². The van der Waals surface area contributed by atoms with Crippen LogP contribution >= 0.6 is 0 Å². The molecule has 2 N–H and O–H groups in total. The fourth-order valence-electron chi connectivity index (χ4n) is 7.66. The molecule has 0 aromatic carbocycles. The van der Waals surface area contributed by atoms with Crippen LogP contribution in [0.5, 0.6) is 0 Å². The van der Waals surface area contributed by atoms with Gasteiger partial charge in [0.1, 0.15) is 5.60 Å². The standard InChI is InChI=1S/C19H24O5/c1-9-7-18-8-10(9)3-4-11(18)19-6-5-12(20)17(2,16(23)24-19)14(19)13(18)15(21)22/h10-14,20H,1,3-8H2,2H3,(H,21,22)/t10?,11-,12+,13-,14-,17-,18+,19-/m1/s1. The highest BCUT2D eigenvalue weighted by Gasteiger charge is 2.83. The first-order valence-electron chi connectivity index (χ1n) is 9.09. The van der Waals surface area contributed by atoms with Gasteiger partial charge in [0.25, 0.3) is 0 Å². The number of esters is 1. The Bertz CT molecular complexity index is 685. The van der Waals surface area contributed by atoms with Gasteiger partial charge in [0.15, 0.2) is 0 Å². The summed E-state index contributed by atoms with van der Waals surface area (Å²) in [7, 11) is 0. The number of aliphatic hydroxyl groups is 1. The topological polar surface area (TPSA) is 83.8 Å². The first kappa shape index (κ1) is 14.9. The van der Waals surface area contributed by atoms with Crippen molar-refractivity contribution in [2.45, 2.75) is 57.2 Å². The second kappa shape index (κ2) is 4.06. The normalized spacial score (nSPS) is 57.5. The summed E-state index contributed by atoms with van der Waals surface area (Å²) in [5, 5.41) is 20.8. The Morgan fingerprint density at radius 1 is 1.33 bits per heavy atom. The summed E-state index contributed by atoms with van der Waals surface area (Å²) >= 11 is 0. The number of hydrogen-bond acceptors (Lipinski definition) is 4. The smallest absolute Gasteiger partial charge is 0.315 e. The zero-order chi connectivity index (χ0) is 17.1. The Hall–Kier alpha value is -1.36. The number of carboxylic acids is 1. The minimum Gasteiger partial charge on any atom is -0.481 e. The largest absolute Gasteiger partial charge is 0.481 e. The molecule has 24 heavy (non-hydrogen) atoms. The van der Waals surface area contributed by atoms with E-state index in [0.717, 1.165) is 25.7 Å². The van der Waals surface area contributed by atoms with Gasteiger partial charge < -0.3 is 14.9 Å². The lowest BCUT2D eigenvalue weighted by molar-refractivity contribution is -0.162. The Balaban J connectivity index is 1.76. The van der Waals surface area contributed by atoms with Crippen LogP contribution in [0.3, 0.4) is 0 Å². The predicted octanol–water partition coefficient (Wildman–Crippen LogP) is 2.14. The lowest BCUT2D eigenvalue weighted by Crippen LogP contribution is -2.53. The summed E-state index contributed by atoms with van der Waals surface area (Å²) in [6.07, 6.45) is 3.81. The average Bonchev–Trinajstić information content (AvgIpc) is 2.98. The molecule has 5 heteroatoms. The van der Waals surface area contributed by atoms with Crippen molar-refractivity contribution in [3.63, 3.8) is 0 Å². The number of allylic oxidation sites excluding steroid dienone is 1. The third kappa shape index (κ3) is 1.29. The SMILES string of the molecule is C=C1C[C@]23CC1CC[C@H]2[C@@]12CC[C@H](O)[C@@](C)(C(=O)O1)[C@H]2[C@@H]3C(=O)O. The fraction of sp³-hybridized carbons (Fsp3) is 0.789. The molecule has 0 amide bonds. The van der Waals surface area contributed by atoms with Gasteiger partial charge in [0, 0.05) is 11.8 Å². The van der Waals surface area contributed by atoms with Gasteiger partial charge in [-0.25, -0.2) is 0 Å². The van der Waals surface area contributed by atoms with E-state index in [1.54, 1.807) is 6.92 Å². The Kier molecular flexibility index (Phi) is 2.53. The van der Waals surface area contributed by atoms with E-state index in [2.05, 4.69) is 6.58 Å². The van der Waals surface area contributed by atoms with Crippen molar-refractivity contribution < 1.29 is 24.5 Å². The van der Waals surface area contributed by atoms with Crippen LogP contribution in [0, 0.1) is 34.5 Å². The maximum absolute atomic E-state index is 12.7. The number of carboxylic acid groups (broad SMARTS) is 1. The molecule has 1 saturated heterocycles. The molecule has 0 radical (unpaired) electrons. The first-order valence-corrected chi connectivity index (χ1v) is 9.09. The number of hydrogen-bond donors (Lipinski definition) is 2. The van der Waals surface area contributed by atoms with E-state index in [1.165, 1.54) is 5.57 Å². The quantitative estimate of drug-likeness (QED) is 0.568. The zero-order valence-corrected chi connectivity index (χ0v) is 14.0. The second-order valence-electron chi connectivity index (χ2n) is 9.07. The second-order valence-corrected chi connectivity index (χ2v) is 9.07. The lowest BCUT2D eigenvalue weighted by atomic mass is 9.59. The van der Waals surface area contributed by atoms with Gasteiger partial charge in [-0.2, -0.15) is 0 Å². The van der Waals surface area contributed by atoms with E-state index in [9.17, 15) is 19.8 Å². The summed E-state index contributed by atoms with van der Waals surface area (Å²) in [5.41, 5.74) is -0.953. The summed E-state index contributed by atoms with van der Waals surface area (Å²) in [5.74, 6) is -1.78. The highest BCUT2D eigenvalue weighted by molar-refractivity contribution is 5.85. The summed E-state index contributed by atoms with van der Waals surface area (Å²) in [6, 6.07) is 0. The van der Waals surface area contributed by atoms with Crippen LogP contribution in [0.2, 0.25) is 0 Å². The van der Waals surface area contributed by atoms with Crippen LogP contribution in [0.4, 0.5) is 0 Å². The molecular weight excluding hydrogens is 308 g/mol. The number of carbonyl (C=O) groups is 2. The van der Waals surface area contributed by atoms with Crippen LogP contribution in [0.15, 0.2) is 12.2 Å². The van der Waals surface area contributed by atoms with E-state index in [1.807, 2.05) is 0 Å². The number of fused-ring (bicyclic) bond motifs is 1. The van der Waals surface area contributed by atoms with Gasteiger partial charge in [0.05, 0.1) is 17.4 Å². The third-order valence-electron chi connectivity index (χ3n) is 8.46. The molecule has 1 aliphatic heterocycles. The molecule has 1 spiro atoms. The first-order chi connectivity index (χ1) is 11.3. The number of carbonyl (C=O) groups excluding carboxylic acids is 1. The maximum Gasteiger partial charge on any atom is 0.315 e. The number of ether oxygens (including phenoxy) is 1. The Labute approximate surface area is 141 Å². The molecule has 4 saturated carbocycles. The molecule has 8 atom stereocenters. The molecule has 4 aliphatic carbocycles. The van der Waals surface area contributed by atoms with Crippen molar-refractivity contribution >= 4 is 11.9 Å². The lowest BCUT2D eigenvalue weighted by Gasteiger charge is -2.44. The molecule has 5 rings (SSSR count). The number of aliphatic carboxylic acids is 1. The van der Waals surface area contributed by atoms with Crippen molar-refractivity contribution in [1.29, 1.82) is 0 Å². The van der Waals surface area contributed by atoms with E-state index < -0.39 is 40.9 Å². The molecule has 0 aromatic rings. The molecule has 5 fully saturated rings. The summed E-state index contributed by atoms with van der Waals surface area (Å²) in [6.45, 7) is 5.95. The number of rotatable bonds is 1. The van der Waals surface area contributed by atoms with Crippen LogP contribution in [-0.2, 0) is 14.3 Å². The van der Waals surface area contributed by atoms with Gasteiger partial charge in [-0.15, -0.1) is 0 Å². The van der Waals surface area contributed by atoms with Crippen molar-refractivity contribution in [3.8, 4) is 0 Å². The monoisotopic (exact) mass is 332 g/mol. The van der Waals surface area contributed by atoms with Crippen LogP contribution in [-0.4, -0.2) is 33.9 Å². The zero-order valence-electron chi connectivity index (χ0n) is 14.0. The van der Waals surface area contributed by atoms with Crippen molar-refractivity contribution in [2.75, 3.05) is 0 Å². The van der Waals surface area contributed by atoms with Gasteiger partial charge in [-0.3, -0.25) is 9.59 Å². The van der Waals surface area contributed by atoms with Gasteiger partial charge in [0.2, 0.25) is 0 Å². The highest BCUT2D eigenvalue weighted by Crippen LogP contribution is 2.77. The molecule has 5 aliphatic rings. The average molecular weight is 332 g/mol. The van der Waals surface area contributed by atoms with Crippen LogP contribution in [0.25, 0.3) is 0 Å². The molecule has 5 nitrogen and oxygen atoms in total. The fourth-order valence-corrected chi connectivity index (χ4v) is 7.66. The van der Waals surface area contributed by atoms with Gasteiger partial charge in [-0.05, 0) is 56.8 Å². The molecular formula is C19H24O5. The van der Waals surface area contributed by atoms with Gasteiger partial charge in [-0.1, -0.05) is 12.2 Å². The molecule has 1 unspecified atom stereocenters. The third-order valence-corrected chi connectivity index (χ3v) is 8.46. The van der Waals surface area contributed by atoms with E-state index in [-0.39, 0.29) is 11.3 Å². The highest BCUT2D eigenvalue weighted by atomic mass is 16.6. The van der Waals surface area contributed by atoms with E-state index in [4.69, 9.17) is 4.74 Å². The van der Waals surface area contributed by atoms with Crippen LogP contribution < -0.4 is 0 Å². The Morgan fingerprint density at radius 2 is 2.08 bits per heavy atom. The molecule has 4 bridgehead atoms. The van der Waals surface area contributed by atoms with Gasteiger partial charge >= 0.3 is 11.9 Å². The minimum atomic E-state index is -1.09. The molecule has 130 valence electrons. The number of aliphatic hydroxyl groups excluding tert-OH is 1. The minimum absolute atomic E-state index is 0.0878. The molecule has 1 heterocycles. The Morgan fingerprint density at radius 3 is 2.79 bits per heavy atom. The van der Waals surface area contributed by atoms with Crippen LogP contribution in [0.1, 0.15) is 45.4 Å². The van der Waals surface area contributed by atoms with Crippen molar-refractivity contribution in [1.82, 2.24) is 0 Å². The molecule has 0 aromatic heterocycles. The summed E-state index contributed by atoms with van der Waals surface area (Å²) in [4.78, 5) is 25.1. The predicted molar refractivity (Wildman–Crippen MR) is 83.8 cm³/mol. The van der Waals surface area contributed by atoms with E-state index in [0.29, 0.717) is 18.8 Å². The van der Waals surface area contributed by atoms with E-state index >= 15 is 0 Å².